The molecule has 1 aromatic heterocycles. The molecule has 0 saturated carbocycles. The van der Waals surface area contributed by atoms with Crippen LogP contribution in [-0.2, 0) is 0 Å². The number of piperidine rings is 1. The fourth-order valence-electron chi connectivity index (χ4n) is 2.48. The van der Waals surface area contributed by atoms with Crippen LogP contribution in [-0.4, -0.2) is 31.7 Å². The Kier molecular flexibility index (Phi) is 3.78. The average Bonchev–Trinajstić information content (AvgIpc) is 2.30. The molecular weight excluding hydrogens is 198 g/mol. The monoisotopic (exact) mass is 219 g/mol. The van der Waals surface area contributed by atoms with Gasteiger partial charge in [-0.25, -0.2) is 0 Å². The lowest BCUT2D eigenvalue weighted by atomic mass is 9.97. The lowest BCUT2D eigenvalue weighted by Crippen LogP contribution is -2.39. The minimum atomic E-state index is 0.784. The fraction of sp³-hybridized carbons (Fsp3) is 0.615. The highest BCUT2D eigenvalue weighted by Crippen LogP contribution is 2.22. The molecule has 2 heterocycles. The van der Waals surface area contributed by atoms with E-state index in [4.69, 9.17) is 0 Å². The number of aryl methyl sites for hydroxylation is 1. The minimum Gasteiger partial charge on any atom is -0.371 e. The maximum absolute atomic E-state index is 4.25. The fourth-order valence-corrected chi connectivity index (χ4v) is 2.48. The van der Waals surface area contributed by atoms with Crippen LogP contribution < -0.4 is 10.2 Å². The van der Waals surface area contributed by atoms with Gasteiger partial charge in [-0.3, -0.25) is 4.98 Å². The zero-order valence-corrected chi connectivity index (χ0v) is 10.2. The molecule has 16 heavy (non-hydrogen) atoms. The second-order valence-electron chi connectivity index (χ2n) is 4.67. The van der Waals surface area contributed by atoms with E-state index in [0.29, 0.717) is 0 Å². The van der Waals surface area contributed by atoms with Crippen molar-refractivity contribution >= 4 is 5.69 Å². The van der Waals surface area contributed by atoms with Crippen LogP contribution in [0.4, 0.5) is 5.69 Å². The smallest absolute Gasteiger partial charge is 0.0399 e. The van der Waals surface area contributed by atoms with Gasteiger partial charge in [0.05, 0.1) is 0 Å². The van der Waals surface area contributed by atoms with Crippen molar-refractivity contribution in [1.29, 1.82) is 0 Å². The van der Waals surface area contributed by atoms with Crippen molar-refractivity contribution in [2.75, 3.05) is 31.6 Å². The van der Waals surface area contributed by atoms with Gasteiger partial charge in [-0.1, -0.05) is 0 Å². The van der Waals surface area contributed by atoms with Gasteiger partial charge in [-0.15, -0.1) is 0 Å². The third-order valence-electron chi connectivity index (χ3n) is 3.26. The highest BCUT2D eigenvalue weighted by Gasteiger charge is 2.19. The summed E-state index contributed by atoms with van der Waals surface area (Å²) in [5.74, 6) is 0.784. The number of hydrogen-bond donors (Lipinski definition) is 1. The van der Waals surface area contributed by atoms with Gasteiger partial charge in [0.2, 0.25) is 0 Å². The Hall–Kier alpha value is -1.09. The Bertz CT molecular complexity index is 336. The van der Waals surface area contributed by atoms with E-state index in [-0.39, 0.29) is 0 Å². The van der Waals surface area contributed by atoms with Crippen LogP contribution >= 0.6 is 0 Å². The van der Waals surface area contributed by atoms with Crippen LogP contribution in [0.2, 0.25) is 0 Å². The molecule has 0 bridgehead atoms. The summed E-state index contributed by atoms with van der Waals surface area (Å²) in [4.78, 5) is 6.74. The number of hydrogen-bond acceptors (Lipinski definition) is 3. The van der Waals surface area contributed by atoms with E-state index in [2.05, 4.69) is 34.3 Å². The van der Waals surface area contributed by atoms with Gasteiger partial charge < -0.3 is 10.2 Å². The number of nitrogens with zero attached hydrogens (tertiary/aromatic N) is 2. The lowest BCUT2D eigenvalue weighted by Gasteiger charge is -2.34. The molecule has 1 unspecified atom stereocenters. The topological polar surface area (TPSA) is 28.2 Å². The molecule has 1 aromatic rings. The molecule has 1 saturated heterocycles. The number of rotatable bonds is 3. The Morgan fingerprint density at radius 3 is 3.19 bits per heavy atom. The minimum absolute atomic E-state index is 0.784. The van der Waals surface area contributed by atoms with Crippen LogP contribution in [0.5, 0.6) is 0 Å². The number of pyridine rings is 1. The Morgan fingerprint density at radius 2 is 2.44 bits per heavy atom. The van der Waals surface area contributed by atoms with E-state index in [1.807, 2.05) is 13.2 Å². The van der Waals surface area contributed by atoms with Crippen molar-refractivity contribution in [3.63, 3.8) is 0 Å². The van der Waals surface area contributed by atoms with Crippen molar-refractivity contribution in [1.82, 2.24) is 10.3 Å². The normalized spacial score (nSPS) is 21.1. The quantitative estimate of drug-likeness (QED) is 0.840. The zero-order valence-electron chi connectivity index (χ0n) is 10.2. The summed E-state index contributed by atoms with van der Waals surface area (Å²) in [6, 6.07) is 4.30. The molecule has 88 valence electrons. The van der Waals surface area contributed by atoms with Gasteiger partial charge in [0.25, 0.3) is 0 Å². The predicted octanol–water partition coefficient (Wildman–Crippen LogP) is 1.83. The third-order valence-corrected chi connectivity index (χ3v) is 3.26. The maximum atomic E-state index is 4.25. The summed E-state index contributed by atoms with van der Waals surface area (Å²) < 4.78 is 0. The van der Waals surface area contributed by atoms with Crippen molar-refractivity contribution in [2.24, 2.45) is 5.92 Å². The van der Waals surface area contributed by atoms with Crippen LogP contribution in [0.25, 0.3) is 0 Å². The molecule has 2 rings (SSSR count). The summed E-state index contributed by atoms with van der Waals surface area (Å²) in [6.45, 7) is 5.53. The SMILES string of the molecule is CNCC1CCCN(c2ccnc(C)c2)C1. The largest absolute Gasteiger partial charge is 0.371 e. The van der Waals surface area contributed by atoms with Gasteiger partial charge in [-0.05, 0) is 51.4 Å². The predicted molar refractivity (Wildman–Crippen MR) is 67.8 cm³/mol. The summed E-state index contributed by atoms with van der Waals surface area (Å²) in [7, 11) is 2.04. The zero-order chi connectivity index (χ0) is 11.4. The Labute approximate surface area is 97.9 Å². The molecule has 1 N–H and O–H groups in total. The summed E-state index contributed by atoms with van der Waals surface area (Å²) >= 11 is 0. The van der Waals surface area contributed by atoms with Crippen LogP contribution in [0, 0.1) is 12.8 Å². The van der Waals surface area contributed by atoms with E-state index >= 15 is 0 Å². The lowest BCUT2D eigenvalue weighted by molar-refractivity contribution is 0.403. The molecule has 1 aliphatic heterocycles. The molecule has 1 atom stereocenters. The van der Waals surface area contributed by atoms with Crippen LogP contribution in [0.3, 0.4) is 0 Å². The maximum Gasteiger partial charge on any atom is 0.0399 e. The van der Waals surface area contributed by atoms with Crippen molar-refractivity contribution in [3.05, 3.63) is 24.0 Å². The van der Waals surface area contributed by atoms with E-state index < -0.39 is 0 Å². The molecule has 1 aliphatic rings. The van der Waals surface area contributed by atoms with E-state index in [1.165, 1.54) is 31.6 Å². The first-order valence-corrected chi connectivity index (χ1v) is 6.12. The second-order valence-corrected chi connectivity index (χ2v) is 4.67. The molecule has 0 spiro atoms. The average molecular weight is 219 g/mol. The van der Waals surface area contributed by atoms with Crippen molar-refractivity contribution < 1.29 is 0 Å². The molecule has 0 aromatic carbocycles. The van der Waals surface area contributed by atoms with Gasteiger partial charge in [0.15, 0.2) is 0 Å². The van der Waals surface area contributed by atoms with Crippen LogP contribution in [0.15, 0.2) is 18.3 Å². The molecule has 3 heteroatoms. The van der Waals surface area contributed by atoms with Gasteiger partial charge in [0, 0.05) is 30.7 Å². The van der Waals surface area contributed by atoms with E-state index in [0.717, 1.165) is 18.2 Å². The number of aromatic nitrogens is 1. The Morgan fingerprint density at radius 1 is 1.56 bits per heavy atom. The first-order valence-electron chi connectivity index (χ1n) is 6.12. The first-order chi connectivity index (χ1) is 7.79. The van der Waals surface area contributed by atoms with Crippen LogP contribution in [0.1, 0.15) is 18.5 Å². The van der Waals surface area contributed by atoms with Gasteiger partial charge in [-0.2, -0.15) is 0 Å². The van der Waals surface area contributed by atoms with E-state index in [1.54, 1.807) is 0 Å². The van der Waals surface area contributed by atoms with E-state index in [9.17, 15) is 0 Å². The second kappa shape index (κ2) is 5.30. The highest BCUT2D eigenvalue weighted by atomic mass is 15.1. The summed E-state index contributed by atoms with van der Waals surface area (Å²) in [6.07, 6.45) is 4.56. The summed E-state index contributed by atoms with van der Waals surface area (Å²) in [5, 5.41) is 3.28. The third kappa shape index (κ3) is 2.73. The number of nitrogens with one attached hydrogen (secondary N) is 1. The molecule has 1 fully saturated rings. The standard InChI is InChI=1S/C13H21N3/c1-11-8-13(5-6-15-11)16-7-3-4-12(10-16)9-14-2/h5-6,8,12,14H,3-4,7,9-10H2,1-2H3. The number of anilines is 1. The molecule has 0 radical (unpaired) electrons. The summed E-state index contributed by atoms with van der Waals surface area (Å²) in [5.41, 5.74) is 2.43. The molecule has 0 aliphatic carbocycles. The van der Waals surface area contributed by atoms with Crippen molar-refractivity contribution in [3.8, 4) is 0 Å². The molecular formula is C13H21N3. The van der Waals surface area contributed by atoms with Gasteiger partial charge in [0.1, 0.15) is 0 Å². The molecule has 0 amide bonds. The van der Waals surface area contributed by atoms with Crippen molar-refractivity contribution in [2.45, 2.75) is 19.8 Å². The Balaban J connectivity index is 2.03. The molecule has 3 nitrogen and oxygen atoms in total. The highest BCUT2D eigenvalue weighted by molar-refractivity contribution is 5.46. The van der Waals surface area contributed by atoms with Gasteiger partial charge >= 0.3 is 0 Å². The first kappa shape index (κ1) is 11.4.